The Morgan fingerprint density at radius 1 is 1.47 bits per heavy atom. The number of hydrogen-bond acceptors (Lipinski definition) is 5. The minimum absolute atomic E-state index is 0.154. The highest BCUT2D eigenvalue weighted by Gasteiger charge is 2.10. The minimum Gasteiger partial charge on any atom is -0.481 e. The molecule has 0 aromatic carbocycles. The summed E-state index contributed by atoms with van der Waals surface area (Å²) in [6.07, 6.45) is 3.74. The summed E-state index contributed by atoms with van der Waals surface area (Å²) >= 11 is 0. The second-order valence-electron chi connectivity index (χ2n) is 3.72. The van der Waals surface area contributed by atoms with Crippen molar-refractivity contribution < 1.29 is 9.90 Å². The van der Waals surface area contributed by atoms with Gasteiger partial charge < -0.3 is 15.0 Å². The van der Waals surface area contributed by atoms with Crippen LogP contribution in [0.15, 0.2) is 12.7 Å². The smallest absolute Gasteiger partial charge is 0.303 e. The quantitative estimate of drug-likeness (QED) is 0.790. The van der Waals surface area contributed by atoms with Gasteiger partial charge in [0.15, 0.2) is 11.5 Å². The molecule has 2 N–H and O–H groups in total. The Labute approximate surface area is 97.5 Å². The van der Waals surface area contributed by atoms with Gasteiger partial charge in [-0.05, 0) is 6.42 Å². The number of H-pyrrole nitrogens is 1. The van der Waals surface area contributed by atoms with Gasteiger partial charge in [0.2, 0.25) is 0 Å². The standard InChI is InChI=1S/C10H13N5O2/c1-15(4-2-3-7(16)17)10-8-9(12-5-11-8)13-6-14-10/h5-6H,2-4H2,1H3,(H,16,17)(H,11,12,13,14). The lowest BCUT2D eigenvalue weighted by Crippen LogP contribution is -2.20. The van der Waals surface area contributed by atoms with E-state index in [0.717, 1.165) is 11.3 Å². The number of nitrogens with one attached hydrogen (secondary N) is 1. The van der Waals surface area contributed by atoms with E-state index < -0.39 is 5.97 Å². The lowest BCUT2D eigenvalue weighted by Gasteiger charge is -2.17. The van der Waals surface area contributed by atoms with Crippen molar-refractivity contribution >= 4 is 23.0 Å². The topological polar surface area (TPSA) is 95.0 Å². The highest BCUT2D eigenvalue weighted by atomic mass is 16.4. The number of fused-ring (bicyclic) bond motifs is 1. The van der Waals surface area contributed by atoms with Crippen molar-refractivity contribution in [2.45, 2.75) is 12.8 Å². The molecule has 2 rings (SSSR count). The molecular formula is C10H13N5O2. The first-order valence-electron chi connectivity index (χ1n) is 5.25. The molecule has 17 heavy (non-hydrogen) atoms. The average molecular weight is 235 g/mol. The van der Waals surface area contributed by atoms with Gasteiger partial charge in [0.25, 0.3) is 0 Å². The minimum atomic E-state index is -0.784. The molecule has 0 amide bonds. The van der Waals surface area contributed by atoms with Gasteiger partial charge in [0.1, 0.15) is 11.8 Å². The maximum Gasteiger partial charge on any atom is 0.303 e. The van der Waals surface area contributed by atoms with Crippen LogP contribution in [-0.2, 0) is 4.79 Å². The Kier molecular flexibility index (Phi) is 3.17. The SMILES string of the molecule is CN(CCCC(=O)O)c1ncnc2nc[nH]c12. The molecule has 0 bridgehead atoms. The molecule has 2 heterocycles. The Hall–Kier alpha value is -2.18. The third-order valence-corrected chi connectivity index (χ3v) is 2.45. The van der Waals surface area contributed by atoms with E-state index in [9.17, 15) is 4.79 Å². The van der Waals surface area contributed by atoms with Crippen LogP contribution in [0.1, 0.15) is 12.8 Å². The number of imidazole rings is 1. The number of nitrogens with zero attached hydrogens (tertiary/aromatic N) is 4. The molecule has 0 saturated carbocycles. The molecule has 0 saturated heterocycles. The van der Waals surface area contributed by atoms with Crippen molar-refractivity contribution in [1.29, 1.82) is 0 Å². The maximum atomic E-state index is 10.4. The second kappa shape index (κ2) is 4.77. The highest BCUT2D eigenvalue weighted by Crippen LogP contribution is 2.18. The Balaban J connectivity index is 2.10. The van der Waals surface area contributed by atoms with Gasteiger partial charge in [0, 0.05) is 20.0 Å². The van der Waals surface area contributed by atoms with Gasteiger partial charge >= 0.3 is 5.97 Å². The summed E-state index contributed by atoms with van der Waals surface area (Å²) in [6.45, 7) is 0.622. The Bertz CT molecular complexity index is 524. The van der Waals surface area contributed by atoms with Gasteiger partial charge in [-0.1, -0.05) is 0 Å². The van der Waals surface area contributed by atoms with Crippen LogP contribution in [0.5, 0.6) is 0 Å². The predicted octanol–water partition coefficient (Wildman–Crippen LogP) is 0.654. The van der Waals surface area contributed by atoms with Crippen molar-refractivity contribution in [2.24, 2.45) is 0 Å². The molecular weight excluding hydrogens is 222 g/mol. The van der Waals surface area contributed by atoms with E-state index in [-0.39, 0.29) is 6.42 Å². The zero-order valence-electron chi connectivity index (χ0n) is 9.42. The third-order valence-electron chi connectivity index (χ3n) is 2.45. The number of carboxylic acids is 1. The van der Waals surface area contributed by atoms with E-state index in [1.165, 1.54) is 6.33 Å². The Morgan fingerprint density at radius 3 is 3.06 bits per heavy atom. The van der Waals surface area contributed by atoms with Crippen LogP contribution in [0.2, 0.25) is 0 Å². The zero-order valence-corrected chi connectivity index (χ0v) is 9.42. The van der Waals surface area contributed by atoms with Crippen LogP contribution in [0.25, 0.3) is 11.2 Å². The number of aliphatic carboxylic acids is 1. The number of aromatic amines is 1. The lowest BCUT2D eigenvalue weighted by atomic mass is 10.3. The highest BCUT2D eigenvalue weighted by molar-refractivity contribution is 5.82. The predicted molar refractivity (Wildman–Crippen MR) is 61.8 cm³/mol. The third kappa shape index (κ3) is 2.49. The van der Waals surface area contributed by atoms with Crippen LogP contribution in [-0.4, -0.2) is 44.6 Å². The van der Waals surface area contributed by atoms with E-state index in [0.29, 0.717) is 18.6 Å². The van der Waals surface area contributed by atoms with Crippen molar-refractivity contribution in [2.75, 3.05) is 18.5 Å². The van der Waals surface area contributed by atoms with Gasteiger partial charge in [0.05, 0.1) is 6.33 Å². The normalized spacial score (nSPS) is 10.6. The van der Waals surface area contributed by atoms with Crippen molar-refractivity contribution in [3.05, 3.63) is 12.7 Å². The second-order valence-corrected chi connectivity index (χ2v) is 3.72. The summed E-state index contributed by atoms with van der Waals surface area (Å²) in [7, 11) is 1.87. The molecule has 0 spiro atoms. The first-order chi connectivity index (χ1) is 8.18. The fourth-order valence-electron chi connectivity index (χ4n) is 1.62. The summed E-state index contributed by atoms with van der Waals surface area (Å²) in [5.41, 5.74) is 1.38. The van der Waals surface area contributed by atoms with E-state index >= 15 is 0 Å². The zero-order chi connectivity index (χ0) is 12.3. The van der Waals surface area contributed by atoms with Crippen molar-refractivity contribution in [3.8, 4) is 0 Å². The first kappa shape index (κ1) is 11.3. The van der Waals surface area contributed by atoms with Crippen LogP contribution >= 0.6 is 0 Å². The monoisotopic (exact) mass is 235 g/mol. The Morgan fingerprint density at radius 2 is 2.29 bits per heavy atom. The van der Waals surface area contributed by atoms with Gasteiger partial charge in [-0.25, -0.2) is 15.0 Å². The molecule has 90 valence electrons. The molecule has 2 aromatic heterocycles. The molecule has 0 atom stereocenters. The van der Waals surface area contributed by atoms with Gasteiger partial charge in [-0.15, -0.1) is 0 Å². The van der Waals surface area contributed by atoms with Gasteiger partial charge in [-0.3, -0.25) is 4.79 Å². The molecule has 0 aliphatic rings. The number of carboxylic acid groups (broad SMARTS) is 1. The van der Waals surface area contributed by atoms with Crippen LogP contribution in [0, 0.1) is 0 Å². The number of anilines is 1. The van der Waals surface area contributed by atoms with Crippen molar-refractivity contribution in [1.82, 2.24) is 19.9 Å². The average Bonchev–Trinajstić information content (AvgIpc) is 2.75. The molecule has 0 aliphatic heterocycles. The number of carbonyl (C=O) groups is 1. The van der Waals surface area contributed by atoms with Crippen LogP contribution < -0.4 is 4.90 Å². The summed E-state index contributed by atoms with van der Waals surface area (Å²) in [4.78, 5) is 27.5. The molecule has 7 nitrogen and oxygen atoms in total. The molecule has 0 aliphatic carbocycles. The van der Waals surface area contributed by atoms with Crippen LogP contribution in [0.3, 0.4) is 0 Å². The maximum absolute atomic E-state index is 10.4. The fraction of sp³-hybridized carbons (Fsp3) is 0.400. The van der Waals surface area contributed by atoms with E-state index in [2.05, 4.69) is 19.9 Å². The summed E-state index contributed by atoms with van der Waals surface area (Å²) in [5.74, 6) is -0.0503. The van der Waals surface area contributed by atoms with E-state index in [4.69, 9.17) is 5.11 Å². The summed E-state index contributed by atoms with van der Waals surface area (Å²) < 4.78 is 0. The van der Waals surface area contributed by atoms with E-state index in [1.54, 1.807) is 6.33 Å². The molecule has 2 aromatic rings. The first-order valence-corrected chi connectivity index (χ1v) is 5.25. The van der Waals surface area contributed by atoms with E-state index in [1.807, 2.05) is 11.9 Å². The summed E-state index contributed by atoms with van der Waals surface area (Å²) in [6, 6.07) is 0. The fourth-order valence-corrected chi connectivity index (χ4v) is 1.62. The molecule has 0 unspecified atom stereocenters. The largest absolute Gasteiger partial charge is 0.481 e. The molecule has 0 radical (unpaired) electrons. The number of hydrogen-bond donors (Lipinski definition) is 2. The van der Waals surface area contributed by atoms with Crippen molar-refractivity contribution in [3.63, 3.8) is 0 Å². The molecule has 0 fully saturated rings. The number of aromatic nitrogens is 4. The van der Waals surface area contributed by atoms with Crippen LogP contribution in [0.4, 0.5) is 5.82 Å². The lowest BCUT2D eigenvalue weighted by molar-refractivity contribution is -0.137. The summed E-state index contributed by atoms with van der Waals surface area (Å²) in [5, 5.41) is 8.58. The van der Waals surface area contributed by atoms with Gasteiger partial charge in [-0.2, -0.15) is 0 Å². The molecule has 7 heteroatoms. The number of rotatable bonds is 5.